The number of aromatic nitrogens is 1. The standard InChI is InChI=1S/C18H15F2NO2S/c1-22-16-7-6-15(20)8-13(16)10-24-11-18-21-9-17(23-18)12-2-4-14(19)5-3-12/h2-9H,10-11H2,1H3. The Morgan fingerprint density at radius 2 is 1.79 bits per heavy atom. The number of nitrogens with zero attached hydrogens (tertiary/aromatic N) is 1. The Bertz CT molecular complexity index is 818. The van der Waals surface area contributed by atoms with Crippen molar-refractivity contribution >= 4 is 11.8 Å². The molecule has 1 heterocycles. The zero-order valence-corrected chi connectivity index (χ0v) is 13.8. The van der Waals surface area contributed by atoms with Crippen molar-refractivity contribution in [1.29, 1.82) is 0 Å². The molecule has 0 bridgehead atoms. The van der Waals surface area contributed by atoms with Crippen LogP contribution in [0.25, 0.3) is 11.3 Å². The Balaban J connectivity index is 1.62. The lowest BCUT2D eigenvalue weighted by Gasteiger charge is -2.07. The van der Waals surface area contributed by atoms with E-state index in [0.717, 1.165) is 11.1 Å². The molecular weight excluding hydrogens is 332 g/mol. The molecule has 0 spiro atoms. The average Bonchev–Trinajstić information content (AvgIpc) is 3.05. The van der Waals surface area contributed by atoms with Gasteiger partial charge in [-0.05, 0) is 42.5 Å². The lowest BCUT2D eigenvalue weighted by Crippen LogP contribution is -1.92. The number of methoxy groups -OCH3 is 1. The number of thioether (sulfide) groups is 1. The highest BCUT2D eigenvalue weighted by Crippen LogP contribution is 2.27. The highest BCUT2D eigenvalue weighted by atomic mass is 32.2. The molecule has 0 radical (unpaired) electrons. The summed E-state index contributed by atoms with van der Waals surface area (Å²) in [5.41, 5.74) is 1.56. The summed E-state index contributed by atoms with van der Waals surface area (Å²) in [6.45, 7) is 0. The molecule has 3 rings (SSSR count). The molecule has 0 saturated carbocycles. The van der Waals surface area contributed by atoms with Gasteiger partial charge in [0.05, 0.1) is 19.1 Å². The zero-order chi connectivity index (χ0) is 16.9. The van der Waals surface area contributed by atoms with Gasteiger partial charge in [-0.3, -0.25) is 0 Å². The first-order valence-electron chi connectivity index (χ1n) is 7.26. The predicted molar refractivity (Wildman–Crippen MR) is 89.8 cm³/mol. The van der Waals surface area contributed by atoms with Crippen LogP contribution >= 0.6 is 11.8 Å². The normalized spacial score (nSPS) is 10.8. The Morgan fingerprint density at radius 3 is 2.54 bits per heavy atom. The van der Waals surface area contributed by atoms with Crippen LogP contribution in [0.4, 0.5) is 8.78 Å². The van der Waals surface area contributed by atoms with Gasteiger partial charge in [-0.2, -0.15) is 0 Å². The van der Waals surface area contributed by atoms with Gasteiger partial charge in [-0.15, -0.1) is 11.8 Å². The van der Waals surface area contributed by atoms with E-state index < -0.39 is 0 Å². The SMILES string of the molecule is COc1ccc(F)cc1CSCc1ncc(-c2ccc(F)cc2)o1. The van der Waals surface area contributed by atoms with E-state index in [9.17, 15) is 8.78 Å². The van der Waals surface area contributed by atoms with Crippen LogP contribution in [0.2, 0.25) is 0 Å². The predicted octanol–water partition coefficient (Wildman–Crippen LogP) is 5.06. The minimum Gasteiger partial charge on any atom is -0.496 e. The van der Waals surface area contributed by atoms with Crippen LogP contribution in [0.3, 0.4) is 0 Å². The molecule has 2 aromatic carbocycles. The second-order valence-electron chi connectivity index (χ2n) is 5.07. The number of benzene rings is 2. The van der Waals surface area contributed by atoms with Gasteiger partial charge >= 0.3 is 0 Å². The van der Waals surface area contributed by atoms with E-state index in [1.165, 1.54) is 24.3 Å². The fraction of sp³-hybridized carbons (Fsp3) is 0.167. The minimum atomic E-state index is -0.293. The molecule has 24 heavy (non-hydrogen) atoms. The van der Waals surface area contributed by atoms with Crippen molar-refractivity contribution in [2.45, 2.75) is 11.5 Å². The first-order valence-corrected chi connectivity index (χ1v) is 8.42. The van der Waals surface area contributed by atoms with Gasteiger partial charge in [-0.25, -0.2) is 13.8 Å². The van der Waals surface area contributed by atoms with Gasteiger partial charge in [0.1, 0.15) is 17.4 Å². The molecule has 6 heteroatoms. The topological polar surface area (TPSA) is 35.3 Å². The van der Waals surface area contributed by atoms with Crippen molar-refractivity contribution in [1.82, 2.24) is 4.98 Å². The van der Waals surface area contributed by atoms with Crippen molar-refractivity contribution in [3.8, 4) is 17.1 Å². The van der Waals surface area contributed by atoms with Crippen molar-refractivity contribution < 1.29 is 17.9 Å². The largest absolute Gasteiger partial charge is 0.496 e. The first kappa shape index (κ1) is 16.5. The van der Waals surface area contributed by atoms with Crippen LogP contribution in [0.5, 0.6) is 5.75 Å². The monoisotopic (exact) mass is 347 g/mol. The number of hydrogen-bond donors (Lipinski definition) is 0. The number of rotatable bonds is 6. The van der Waals surface area contributed by atoms with E-state index in [1.807, 2.05) is 0 Å². The van der Waals surface area contributed by atoms with Crippen LogP contribution in [-0.4, -0.2) is 12.1 Å². The Hall–Kier alpha value is -2.34. The fourth-order valence-electron chi connectivity index (χ4n) is 2.23. The Labute approximate surface area is 142 Å². The van der Waals surface area contributed by atoms with Crippen LogP contribution < -0.4 is 4.74 Å². The molecule has 0 fully saturated rings. The van der Waals surface area contributed by atoms with E-state index in [0.29, 0.717) is 28.9 Å². The molecule has 0 atom stereocenters. The maximum absolute atomic E-state index is 13.3. The molecule has 0 saturated heterocycles. The molecule has 0 aliphatic heterocycles. The van der Waals surface area contributed by atoms with Gasteiger partial charge in [0.25, 0.3) is 0 Å². The highest BCUT2D eigenvalue weighted by molar-refractivity contribution is 7.97. The van der Waals surface area contributed by atoms with Gasteiger partial charge in [0.2, 0.25) is 5.89 Å². The second-order valence-corrected chi connectivity index (χ2v) is 6.06. The summed E-state index contributed by atoms with van der Waals surface area (Å²) in [4.78, 5) is 4.22. The Morgan fingerprint density at radius 1 is 1.04 bits per heavy atom. The highest BCUT2D eigenvalue weighted by Gasteiger charge is 2.09. The summed E-state index contributed by atoms with van der Waals surface area (Å²) in [7, 11) is 1.56. The third-order valence-electron chi connectivity index (χ3n) is 3.41. The maximum Gasteiger partial charge on any atom is 0.204 e. The number of ether oxygens (including phenoxy) is 1. The summed E-state index contributed by atoms with van der Waals surface area (Å²) in [5.74, 6) is 2.35. The molecule has 0 aliphatic rings. The molecule has 124 valence electrons. The summed E-state index contributed by atoms with van der Waals surface area (Å²) in [6, 6.07) is 10.5. The van der Waals surface area contributed by atoms with E-state index in [2.05, 4.69) is 4.98 Å². The molecule has 3 nitrogen and oxygen atoms in total. The molecule has 0 aliphatic carbocycles. The second kappa shape index (κ2) is 7.49. The zero-order valence-electron chi connectivity index (χ0n) is 13.0. The first-order chi connectivity index (χ1) is 11.7. The minimum absolute atomic E-state index is 0.291. The number of hydrogen-bond acceptors (Lipinski definition) is 4. The van der Waals surface area contributed by atoms with Crippen molar-refractivity contribution in [3.63, 3.8) is 0 Å². The van der Waals surface area contributed by atoms with Crippen molar-refractivity contribution in [2.24, 2.45) is 0 Å². The summed E-state index contributed by atoms with van der Waals surface area (Å²) < 4.78 is 37.2. The molecule has 1 aromatic heterocycles. The van der Waals surface area contributed by atoms with Crippen LogP contribution in [0.15, 0.2) is 53.1 Å². The third kappa shape index (κ3) is 3.94. The number of oxazole rings is 1. The third-order valence-corrected chi connectivity index (χ3v) is 4.37. The van der Waals surface area contributed by atoms with Crippen molar-refractivity contribution in [3.05, 3.63) is 71.8 Å². The molecule has 3 aromatic rings. The smallest absolute Gasteiger partial charge is 0.204 e. The van der Waals surface area contributed by atoms with E-state index >= 15 is 0 Å². The summed E-state index contributed by atoms with van der Waals surface area (Å²) in [6.07, 6.45) is 1.62. The summed E-state index contributed by atoms with van der Waals surface area (Å²) in [5, 5.41) is 0. The van der Waals surface area contributed by atoms with Crippen molar-refractivity contribution in [2.75, 3.05) is 7.11 Å². The van der Waals surface area contributed by atoms with Gasteiger partial charge in [0, 0.05) is 16.9 Å². The molecular formula is C18H15F2NO2S. The lowest BCUT2D eigenvalue weighted by atomic mass is 10.2. The Kier molecular flexibility index (Phi) is 5.15. The molecule has 0 unspecified atom stereocenters. The van der Waals surface area contributed by atoms with Gasteiger partial charge < -0.3 is 9.15 Å². The van der Waals surface area contributed by atoms with E-state index in [1.54, 1.807) is 43.3 Å². The molecule has 0 N–H and O–H groups in total. The summed E-state index contributed by atoms with van der Waals surface area (Å²) >= 11 is 1.55. The van der Waals surface area contributed by atoms with Crippen LogP contribution in [0, 0.1) is 11.6 Å². The fourth-order valence-corrected chi connectivity index (χ4v) is 3.09. The number of halogens is 2. The lowest BCUT2D eigenvalue weighted by molar-refractivity contribution is 0.410. The van der Waals surface area contributed by atoms with Crippen LogP contribution in [0.1, 0.15) is 11.5 Å². The van der Waals surface area contributed by atoms with Gasteiger partial charge in [-0.1, -0.05) is 0 Å². The van der Waals surface area contributed by atoms with E-state index in [-0.39, 0.29) is 11.6 Å². The molecule has 0 amide bonds. The van der Waals surface area contributed by atoms with Crippen LogP contribution in [-0.2, 0) is 11.5 Å². The quantitative estimate of drug-likeness (QED) is 0.624. The maximum atomic E-state index is 13.3. The average molecular weight is 347 g/mol. The van der Waals surface area contributed by atoms with E-state index in [4.69, 9.17) is 9.15 Å². The van der Waals surface area contributed by atoms with Gasteiger partial charge in [0.15, 0.2) is 5.76 Å².